The normalized spacial score (nSPS) is 13.7. The van der Waals surface area contributed by atoms with E-state index in [2.05, 4.69) is 26.6 Å². The third-order valence-electron chi connectivity index (χ3n) is 12.3. The summed E-state index contributed by atoms with van der Waals surface area (Å²) in [6, 6.07) is 5.08. The van der Waals surface area contributed by atoms with Crippen LogP contribution in [0.1, 0.15) is 110 Å². The van der Waals surface area contributed by atoms with Crippen LogP contribution in [0.2, 0.25) is 0 Å². The van der Waals surface area contributed by atoms with Crippen molar-refractivity contribution in [1.29, 1.82) is 0 Å². The number of aromatic carboxylic acids is 1. The first-order chi connectivity index (χ1) is 36.7. The molecule has 2 heterocycles. The van der Waals surface area contributed by atoms with Gasteiger partial charge in [0.1, 0.15) is 41.7 Å². The van der Waals surface area contributed by atoms with E-state index in [1.165, 1.54) is 22.1 Å². The number of carboxylic acid groups (broad SMARTS) is 1. The lowest BCUT2D eigenvalue weighted by Gasteiger charge is -2.35. The van der Waals surface area contributed by atoms with Crippen LogP contribution < -0.4 is 36.9 Å². The van der Waals surface area contributed by atoms with Crippen LogP contribution in [0.5, 0.6) is 0 Å². The number of nitrogens with zero attached hydrogens (tertiary/aromatic N) is 4. The Hall–Kier alpha value is -7.79. The van der Waals surface area contributed by atoms with Crippen molar-refractivity contribution < 1.29 is 66.9 Å². The summed E-state index contributed by atoms with van der Waals surface area (Å²) >= 11 is 0. The van der Waals surface area contributed by atoms with Gasteiger partial charge in [0.25, 0.3) is 0 Å². The Bertz CT molecular complexity index is 2700. The molecule has 78 heavy (non-hydrogen) atoms. The summed E-state index contributed by atoms with van der Waals surface area (Å²) in [7, 11) is 3.18. The van der Waals surface area contributed by atoms with Crippen molar-refractivity contribution >= 4 is 75.9 Å². The van der Waals surface area contributed by atoms with Crippen LogP contribution in [0.25, 0.3) is 10.9 Å². The first-order valence-electron chi connectivity index (χ1n) is 26.1. The molecule has 7 amide bonds. The highest BCUT2D eigenvalue weighted by Crippen LogP contribution is 2.27. The quantitative estimate of drug-likeness (QED) is 0.0502. The zero-order chi connectivity index (χ0) is 58.0. The van der Waals surface area contributed by atoms with Gasteiger partial charge in [0.05, 0.1) is 17.8 Å². The Morgan fingerprint density at radius 2 is 1.46 bits per heavy atom. The average molecular weight is 1090 g/mol. The Labute approximate surface area is 453 Å². The summed E-state index contributed by atoms with van der Waals surface area (Å²) in [5.74, 6) is -6.16. The number of carboxylic acids is 1. The third kappa shape index (κ3) is 19.3. The van der Waals surface area contributed by atoms with Crippen LogP contribution in [0, 0.1) is 17.7 Å². The molecule has 1 saturated heterocycles. The molecule has 1 aromatic heterocycles. The lowest BCUT2D eigenvalue weighted by atomic mass is 10.0. The van der Waals surface area contributed by atoms with E-state index in [1.54, 1.807) is 89.4 Å². The van der Waals surface area contributed by atoms with E-state index in [0.717, 1.165) is 6.07 Å². The number of nitrogens with one attached hydrogen (secondary N) is 5. The number of hydrogen-bond donors (Lipinski definition) is 6. The van der Waals surface area contributed by atoms with Crippen LogP contribution >= 0.6 is 0 Å². The lowest BCUT2D eigenvalue weighted by Crippen LogP contribution is -2.58. The number of aromatic nitrogens is 1. The van der Waals surface area contributed by atoms with Gasteiger partial charge < -0.3 is 65.2 Å². The number of pyridine rings is 1. The number of halogens is 1. The molecule has 6 N–H and O–H groups in total. The molecule has 1 fully saturated rings. The number of benzene rings is 2. The van der Waals surface area contributed by atoms with E-state index in [4.69, 9.17) is 14.2 Å². The molecular weight excluding hydrogens is 1020 g/mol. The van der Waals surface area contributed by atoms with E-state index in [-0.39, 0.29) is 107 Å². The van der Waals surface area contributed by atoms with Gasteiger partial charge in [0.15, 0.2) is 0 Å². The van der Waals surface area contributed by atoms with Gasteiger partial charge in [-0.25, -0.2) is 18.8 Å². The lowest BCUT2D eigenvalue weighted by molar-refractivity contribution is -0.145. The minimum absolute atomic E-state index is 0.0518. The Kier molecular flexibility index (Phi) is 23.4. The van der Waals surface area contributed by atoms with Crippen molar-refractivity contribution in [3.05, 3.63) is 69.8 Å². The van der Waals surface area contributed by atoms with Crippen LogP contribution in [0.3, 0.4) is 0 Å². The van der Waals surface area contributed by atoms with Gasteiger partial charge in [0.2, 0.25) is 35.0 Å². The van der Waals surface area contributed by atoms with E-state index >= 15 is 4.39 Å². The number of hydrogen-bond acceptors (Lipinski definition) is 14. The minimum atomic E-state index is -1.41. The van der Waals surface area contributed by atoms with Gasteiger partial charge in [-0.15, -0.1) is 0 Å². The maximum Gasteiger partial charge on any atom is 0.410 e. The van der Waals surface area contributed by atoms with Crippen molar-refractivity contribution in [2.45, 2.75) is 131 Å². The number of carbonyl (C=O) groups excluding carboxylic acids is 8. The highest BCUT2D eigenvalue weighted by atomic mass is 19.1. The Morgan fingerprint density at radius 1 is 0.808 bits per heavy atom. The van der Waals surface area contributed by atoms with E-state index < -0.39 is 94.2 Å². The van der Waals surface area contributed by atoms with Crippen LogP contribution in [-0.4, -0.2) is 150 Å². The zero-order valence-corrected chi connectivity index (χ0v) is 46.2. The van der Waals surface area contributed by atoms with Crippen molar-refractivity contribution in [3.8, 4) is 0 Å². The SMILES string of the molecule is CCn1cc(C(=O)O)c(=O)c2cc(F)c(N3CCN(C(=O)OCc4ccc(NC(=O)[C@H](CCNC(=O)OC(C)(C)C)NC(=O)C(NC(=O)[C@H](CCC(=O)OCC(C)C)NC(=O)CCCC(=O)N(C)C)C(C)C)cc4)CC3)cc21. The average Bonchev–Trinajstić information content (AvgIpc) is 3.38. The maximum atomic E-state index is 15.5. The van der Waals surface area contributed by atoms with Gasteiger partial charge in [0, 0.05) is 89.9 Å². The van der Waals surface area contributed by atoms with Gasteiger partial charge in [-0.3, -0.25) is 33.6 Å². The highest BCUT2D eigenvalue weighted by molar-refractivity contribution is 5.99. The number of amides is 7. The topological polar surface area (TPSA) is 293 Å². The van der Waals surface area contributed by atoms with Crippen molar-refractivity contribution in [3.63, 3.8) is 0 Å². The van der Waals surface area contributed by atoms with E-state index in [1.807, 2.05) is 13.8 Å². The second-order valence-corrected chi connectivity index (χ2v) is 20.9. The minimum Gasteiger partial charge on any atom is -0.477 e. The number of aryl methyl sites for hydroxylation is 1. The molecular formula is C54H76FN9O14. The van der Waals surface area contributed by atoms with Crippen molar-refractivity contribution in [1.82, 2.24) is 35.6 Å². The smallest absolute Gasteiger partial charge is 0.410 e. The third-order valence-corrected chi connectivity index (χ3v) is 12.3. The number of fused-ring (bicyclic) bond motifs is 1. The second kappa shape index (κ2) is 29.1. The molecule has 23 nitrogen and oxygen atoms in total. The van der Waals surface area contributed by atoms with Crippen LogP contribution in [-0.2, 0) is 56.1 Å². The number of alkyl carbamates (subject to hydrolysis) is 1. The zero-order valence-electron chi connectivity index (χ0n) is 46.2. The predicted molar refractivity (Wildman–Crippen MR) is 287 cm³/mol. The fourth-order valence-corrected chi connectivity index (χ4v) is 8.04. The maximum absolute atomic E-state index is 15.5. The highest BCUT2D eigenvalue weighted by Gasteiger charge is 2.33. The molecule has 0 aliphatic carbocycles. The molecule has 0 bridgehead atoms. The van der Waals surface area contributed by atoms with Crippen LogP contribution in [0.15, 0.2) is 47.4 Å². The van der Waals surface area contributed by atoms with Gasteiger partial charge in [-0.2, -0.15) is 0 Å². The molecule has 2 aromatic carbocycles. The predicted octanol–water partition coefficient (Wildman–Crippen LogP) is 4.52. The fraction of sp³-hybridized carbons (Fsp3) is 0.556. The number of esters is 1. The van der Waals surface area contributed by atoms with Crippen LogP contribution in [0.4, 0.5) is 25.4 Å². The molecule has 0 radical (unpaired) electrons. The Balaban J connectivity index is 1.41. The molecule has 1 unspecified atom stereocenters. The van der Waals surface area contributed by atoms with Crippen molar-refractivity contribution in [2.75, 3.05) is 63.6 Å². The molecule has 24 heteroatoms. The first-order valence-corrected chi connectivity index (χ1v) is 26.1. The monoisotopic (exact) mass is 1090 g/mol. The summed E-state index contributed by atoms with van der Waals surface area (Å²) in [5, 5.41) is 22.7. The fourth-order valence-electron chi connectivity index (χ4n) is 8.04. The number of piperazine rings is 1. The molecule has 1 aliphatic rings. The standard InChI is InChI=1S/C54H76FN9O14/c1-11-62-29-37(51(72)73)47(68)36-27-38(55)42(28-41(36)62)63-23-25-64(26-24-63)53(75)77-31-34-15-17-35(18-16-34)57-48(69)40(21-22-56-52(74)78-54(6,7)8)59-50(71)46(33(4)5)60-49(70)39(19-20-45(67)76-30-32(2)3)58-43(65)13-12-14-44(66)61(9)10/h15-18,27-29,32-33,39-40,46H,11-14,19-26,30-31H2,1-10H3,(H,56,74)(H,57,69)(H,58,65)(H,59,71)(H,60,70)(H,72,73)/t39-,40-,46?/m0/s1. The summed E-state index contributed by atoms with van der Waals surface area (Å²) in [6.45, 7) is 14.9. The molecule has 3 atom stereocenters. The largest absolute Gasteiger partial charge is 0.477 e. The second-order valence-electron chi connectivity index (χ2n) is 20.9. The van der Waals surface area contributed by atoms with E-state index in [0.29, 0.717) is 23.3 Å². The molecule has 4 rings (SSSR count). The molecule has 0 saturated carbocycles. The summed E-state index contributed by atoms with van der Waals surface area (Å²) < 4.78 is 33.2. The van der Waals surface area contributed by atoms with Gasteiger partial charge in [-0.05, 0) is 88.6 Å². The first kappa shape index (κ1) is 62.7. The molecule has 1 aliphatic heterocycles. The van der Waals surface area contributed by atoms with Gasteiger partial charge in [-0.1, -0.05) is 39.8 Å². The molecule has 3 aromatic rings. The number of rotatable bonds is 25. The number of ether oxygens (including phenoxy) is 3. The summed E-state index contributed by atoms with van der Waals surface area (Å²) in [4.78, 5) is 134. The molecule has 0 spiro atoms. The summed E-state index contributed by atoms with van der Waals surface area (Å²) in [5.41, 5.74) is -0.615. The van der Waals surface area contributed by atoms with Gasteiger partial charge >= 0.3 is 24.1 Å². The Morgan fingerprint density at radius 3 is 2.05 bits per heavy atom. The van der Waals surface area contributed by atoms with E-state index in [9.17, 15) is 53.1 Å². The summed E-state index contributed by atoms with van der Waals surface area (Å²) in [6.07, 6.45) is -0.451. The molecule has 428 valence electrons. The van der Waals surface area contributed by atoms with Crippen molar-refractivity contribution in [2.24, 2.45) is 11.8 Å². The number of carbonyl (C=O) groups is 9. The number of anilines is 2.